The minimum Gasteiger partial charge on any atom is -0.459 e. The summed E-state index contributed by atoms with van der Waals surface area (Å²) < 4.78 is 5.20. The van der Waals surface area contributed by atoms with Crippen molar-refractivity contribution in [2.45, 2.75) is 38.6 Å². The van der Waals surface area contributed by atoms with Crippen LogP contribution >= 0.6 is 11.3 Å². The molecule has 1 fully saturated rings. The Kier molecular flexibility index (Phi) is 7.19. The van der Waals surface area contributed by atoms with E-state index >= 15 is 0 Å². The molecule has 1 aliphatic heterocycles. The number of rotatable bonds is 8. The highest BCUT2D eigenvalue weighted by molar-refractivity contribution is 7.14. The van der Waals surface area contributed by atoms with E-state index in [-0.39, 0.29) is 23.5 Å². The maximum atomic E-state index is 12.9. The Morgan fingerprint density at radius 3 is 2.76 bits per heavy atom. The van der Waals surface area contributed by atoms with Crippen LogP contribution in [0.2, 0.25) is 0 Å². The highest BCUT2D eigenvalue weighted by Gasteiger charge is 2.35. The van der Waals surface area contributed by atoms with Crippen molar-refractivity contribution in [3.8, 4) is 11.3 Å². The quantitative estimate of drug-likeness (QED) is 0.493. The molecule has 2 N–H and O–H groups in total. The zero-order valence-corrected chi connectivity index (χ0v) is 19.2. The first kappa shape index (κ1) is 22.7. The van der Waals surface area contributed by atoms with Gasteiger partial charge in [0.05, 0.1) is 12.0 Å². The van der Waals surface area contributed by atoms with Gasteiger partial charge in [-0.15, -0.1) is 11.3 Å². The van der Waals surface area contributed by atoms with Crippen LogP contribution in [0.1, 0.15) is 42.3 Å². The predicted octanol–water partition coefficient (Wildman–Crippen LogP) is 3.72. The molecular formula is C24H26N4O4S. The number of anilines is 1. The van der Waals surface area contributed by atoms with Gasteiger partial charge >= 0.3 is 0 Å². The molecule has 1 saturated heterocycles. The number of furan rings is 1. The minimum atomic E-state index is -0.535. The lowest BCUT2D eigenvalue weighted by molar-refractivity contribution is -0.120. The summed E-state index contributed by atoms with van der Waals surface area (Å²) in [4.78, 5) is 42.5. The zero-order chi connectivity index (χ0) is 23.2. The van der Waals surface area contributed by atoms with Gasteiger partial charge in [-0.3, -0.25) is 14.4 Å². The fourth-order valence-corrected chi connectivity index (χ4v) is 4.60. The monoisotopic (exact) mass is 466 g/mol. The van der Waals surface area contributed by atoms with E-state index in [2.05, 4.69) is 27.8 Å². The van der Waals surface area contributed by atoms with E-state index in [0.717, 1.165) is 30.5 Å². The van der Waals surface area contributed by atoms with Gasteiger partial charge in [0, 0.05) is 31.0 Å². The lowest BCUT2D eigenvalue weighted by Crippen LogP contribution is -2.43. The average molecular weight is 467 g/mol. The number of hydrogen-bond donors (Lipinski definition) is 2. The number of carbonyl (C=O) groups excluding carboxylic acids is 3. The molecule has 4 rings (SSSR count). The van der Waals surface area contributed by atoms with Crippen molar-refractivity contribution >= 4 is 34.2 Å². The Hall–Kier alpha value is -3.46. The third-order valence-corrected chi connectivity index (χ3v) is 6.31. The van der Waals surface area contributed by atoms with E-state index in [4.69, 9.17) is 4.42 Å². The SMILES string of the molecule is CC(=O)NCCCc1ccc(-c2csc(NC(=O)[C@@H]3CCCN3C(=O)c3ccco3)n2)cc1. The Labute approximate surface area is 196 Å². The molecule has 0 spiro atoms. The zero-order valence-electron chi connectivity index (χ0n) is 18.4. The lowest BCUT2D eigenvalue weighted by atomic mass is 10.1. The summed E-state index contributed by atoms with van der Waals surface area (Å²) in [6.07, 6.45) is 4.60. The first-order valence-electron chi connectivity index (χ1n) is 11.0. The average Bonchev–Trinajstić information content (AvgIpc) is 3.58. The topological polar surface area (TPSA) is 105 Å². The van der Waals surface area contributed by atoms with Gasteiger partial charge in [-0.25, -0.2) is 4.98 Å². The number of nitrogens with zero attached hydrogens (tertiary/aromatic N) is 2. The van der Waals surface area contributed by atoms with E-state index in [9.17, 15) is 14.4 Å². The van der Waals surface area contributed by atoms with Gasteiger partial charge in [-0.2, -0.15) is 0 Å². The van der Waals surface area contributed by atoms with Crippen LogP contribution in [0.25, 0.3) is 11.3 Å². The maximum Gasteiger partial charge on any atom is 0.290 e. The first-order chi connectivity index (χ1) is 16.0. The highest BCUT2D eigenvalue weighted by atomic mass is 32.1. The number of amides is 3. The van der Waals surface area contributed by atoms with Crippen LogP contribution < -0.4 is 10.6 Å². The standard InChI is InChI=1S/C24H26N4O4S/c1-16(29)25-12-2-5-17-8-10-18(11-9-17)19-15-33-24(26-19)27-22(30)20-6-3-13-28(20)23(31)21-7-4-14-32-21/h4,7-11,14-15,20H,2-3,5-6,12-13H2,1H3,(H,25,29)(H,26,27,30)/t20-/m0/s1. The minimum absolute atomic E-state index is 0.0125. The fourth-order valence-electron chi connectivity index (χ4n) is 3.88. The summed E-state index contributed by atoms with van der Waals surface area (Å²) in [5, 5.41) is 8.08. The molecule has 3 amide bonds. The lowest BCUT2D eigenvalue weighted by Gasteiger charge is -2.22. The van der Waals surface area contributed by atoms with Crippen molar-refractivity contribution in [3.63, 3.8) is 0 Å². The molecule has 0 unspecified atom stereocenters. The molecule has 2 aromatic heterocycles. The second-order valence-electron chi connectivity index (χ2n) is 7.94. The number of carbonyl (C=O) groups is 3. The molecular weight excluding hydrogens is 440 g/mol. The molecule has 8 nitrogen and oxygen atoms in total. The van der Waals surface area contributed by atoms with E-state index in [1.165, 1.54) is 30.1 Å². The second-order valence-corrected chi connectivity index (χ2v) is 8.80. The Balaban J connectivity index is 1.34. The van der Waals surface area contributed by atoms with Crippen LogP contribution in [-0.2, 0) is 16.0 Å². The molecule has 1 aromatic carbocycles. The number of benzene rings is 1. The summed E-state index contributed by atoms with van der Waals surface area (Å²) in [5.41, 5.74) is 2.94. The van der Waals surface area contributed by atoms with Gasteiger partial charge in [0.1, 0.15) is 6.04 Å². The molecule has 0 bridgehead atoms. The van der Waals surface area contributed by atoms with Crippen molar-refractivity contribution in [1.82, 2.24) is 15.2 Å². The molecule has 0 aliphatic carbocycles. The molecule has 3 aromatic rings. The molecule has 9 heteroatoms. The molecule has 33 heavy (non-hydrogen) atoms. The number of nitrogens with one attached hydrogen (secondary N) is 2. The summed E-state index contributed by atoms with van der Waals surface area (Å²) >= 11 is 1.36. The van der Waals surface area contributed by atoms with E-state index < -0.39 is 6.04 Å². The Morgan fingerprint density at radius 1 is 1.21 bits per heavy atom. The van der Waals surface area contributed by atoms with E-state index in [1.807, 2.05) is 17.5 Å². The van der Waals surface area contributed by atoms with Crippen LogP contribution in [0, 0.1) is 0 Å². The summed E-state index contributed by atoms with van der Waals surface area (Å²) in [7, 11) is 0. The van der Waals surface area contributed by atoms with Crippen molar-refractivity contribution in [2.24, 2.45) is 0 Å². The fraction of sp³-hybridized carbons (Fsp3) is 0.333. The van der Waals surface area contributed by atoms with Gasteiger partial charge in [-0.05, 0) is 43.4 Å². The van der Waals surface area contributed by atoms with Gasteiger partial charge in [-0.1, -0.05) is 24.3 Å². The van der Waals surface area contributed by atoms with Crippen LogP contribution in [-0.4, -0.2) is 46.7 Å². The summed E-state index contributed by atoms with van der Waals surface area (Å²) in [6, 6.07) is 10.9. The smallest absolute Gasteiger partial charge is 0.290 e. The third-order valence-electron chi connectivity index (χ3n) is 5.55. The van der Waals surface area contributed by atoms with Gasteiger partial charge < -0.3 is 20.0 Å². The van der Waals surface area contributed by atoms with E-state index in [0.29, 0.717) is 24.6 Å². The van der Waals surface area contributed by atoms with Crippen molar-refractivity contribution in [2.75, 3.05) is 18.4 Å². The number of hydrogen-bond acceptors (Lipinski definition) is 6. The summed E-state index contributed by atoms with van der Waals surface area (Å²) in [5.74, 6) is -0.274. The van der Waals surface area contributed by atoms with Crippen LogP contribution in [0.5, 0.6) is 0 Å². The van der Waals surface area contributed by atoms with Gasteiger partial charge in [0.25, 0.3) is 5.91 Å². The molecule has 172 valence electrons. The summed E-state index contributed by atoms with van der Waals surface area (Å²) in [6.45, 7) is 2.71. The number of aromatic nitrogens is 1. The molecule has 3 heterocycles. The largest absolute Gasteiger partial charge is 0.459 e. The molecule has 0 saturated carbocycles. The predicted molar refractivity (Wildman–Crippen MR) is 126 cm³/mol. The van der Waals surface area contributed by atoms with Gasteiger partial charge in [0.15, 0.2) is 10.9 Å². The van der Waals surface area contributed by atoms with E-state index in [1.54, 1.807) is 17.0 Å². The van der Waals surface area contributed by atoms with Crippen molar-refractivity contribution < 1.29 is 18.8 Å². The van der Waals surface area contributed by atoms with Crippen molar-refractivity contribution in [3.05, 3.63) is 59.4 Å². The Bertz CT molecular complexity index is 1110. The molecule has 0 radical (unpaired) electrons. The Morgan fingerprint density at radius 2 is 2.03 bits per heavy atom. The highest BCUT2D eigenvalue weighted by Crippen LogP contribution is 2.27. The van der Waals surface area contributed by atoms with Crippen LogP contribution in [0.4, 0.5) is 5.13 Å². The molecule has 1 aliphatic rings. The third kappa shape index (κ3) is 5.67. The number of thiazole rings is 1. The molecule has 1 atom stereocenters. The van der Waals surface area contributed by atoms with Crippen molar-refractivity contribution in [1.29, 1.82) is 0 Å². The number of aryl methyl sites for hydroxylation is 1. The maximum absolute atomic E-state index is 12.9. The van der Waals surface area contributed by atoms with Crippen LogP contribution in [0.3, 0.4) is 0 Å². The first-order valence-corrected chi connectivity index (χ1v) is 11.8. The van der Waals surface area contributed by atoms with Crippen LogP contribution in [0.15, 0.2) is 52.5 Å². The van der Waals surface area contributed by atoms with Gasteiger partial charge in [0.2, 0.25) is 11.8 Å². The number of likely N-dealkylation sites (tertiary alicyclic amines) is 1. The normalized spacial score (nSPS) is 15.4. The second kappa shape index (κ2) is 10.4.